The molecule has 1 fully saturated rings. The van der Waals surface area contributed by atoms with Gasteiger partial charge < -0.3 is 15.5 Å². The second-order valence-electron chi connectivity index (χ2n) is 4.06. The Balaban J connectivity index is 1.88. The fourth-order valence-electron chi connectivity index (χ4n) is 1.87. The van der Waals surface area contributed by atoms with Crippen molar-refractivity contribution < 1.29 is 4.79 Å². The maximum absolute atomic E-state index is 11.8. The number of aromatic nitrogens is 2. The van der Waals surface area contributed by atoms with Crippen molar-refractivity contribution in [3.05, 3.63) is 18.5 Å². The van der Waals surface area contributed by atoms with Gasteiger partial charge in [0.2, 0.25) is 11.9 Å². The van der Waals surface area contributed by atoms with Crippen LogP contribution in [0.4, 0.5) is 5.95 Å². The van der Waals surface area contributed by atoms with Gasteiger partial charge in [0.1, 0.15) is 0 Å². The van der Waals surface area contributed by atoms with Crippen LogP contribution in [0, 0.1) is 0 Å². The Morgan fingerprint density at radius 2 is 1.89 bits per heavy atom. The molecule has 0 atom stereocenters. The van der Waals surface area contributed by atoms with Crippen molar-refractivity contribution in [2.24, 2.45) is 5.73 Å². The molecule has 1 aromatic heterocycles. The molecule has 2 N–H and O–H groups in total. The van der Waals surface area contributed by atoms with E-state index in [1.165, 1.54) is 0 Å². The summed E-state index contributed by atoms with van der Waals surface area (Å²) < 4.78 is 0. The van der Waals surface area contributed by atoms with Crippen molar-refractivity contribution >= 4 is 29.1 Å². The predicted octanol–water partition coefficient (Wildman–Crippen LogP) is -0.199. The van der Waals surface area contributed by atoms with Gasteiger partial charge in [-0.3, -0.25) is 4.79 Å². The lowest BCUT2D eigenvalue weighted by molar-refractivity contribution is -0.130. The van der Waals surface area contributed by atoms with Crippen molar-refractivity contribution in [2.45, 2.75) is 6.42 Å². The summed E-state index contributed by atoms with van der Waals surface area (Å²) in [5.74, 6) is 0.704. The Hall–Kier alpha value is -1.76. The number of thiocarbonyl (C=S) groups is 1. The third-order valence-electron chi connectivity index (χ3n) is 2.79. The molecule has 0 aliphatic carbocycles. The number of amides is 1. The first kappa shape index (κ1) is 12.7. The van der Waals surface area contributed by atoms with Crippen LogP contribution in [-0.2, 0) is 4.79 Å². The van der Waals surface area contributed by atoms with Crippen LogP contribution < -0.4 is 10.6 Å². The third-order valence-corrected chi connectivity index (χ3v) is 2.94. The molecule has 0 spiro atoms. The van der Waals surface area contributed by atoms with Crippen LogP contribution in [0.2, 0.25) is 0 Å². The van der Waals surface area contributed by atoms with Crippen molar-refractivity contribution in [3.63, 3.8) is 0 Å². The highest BCUT2D eigenvalue weighted by Gasteiger charge is 2.22. The second-order valence-corrected chi connectivity index (χ2v) is 4.58. The maximum atomic E-state index is 11.8. The SMILES string of the molecule is NC(=S)CC(=O)N1CCN(c2ncccn2)CC1. The fraction of sp³-hybridized carbons (Fsp3) is 0.455. The topological polar surface area (TPSA) is 75.4 Å². The maximum Gasteiger partial charge on any atom is 0.229 e. The Morgan fingerprint density at radius 1 is 1.28 bits per heavy atom. The average molecular weight is 265 g/mol. The Bertz CT molecular complexity index is 430. The molecule has 1 saturated heterocycles. The van der Waals surface area contributed by atoms with Gasteiger partial charge in [0.25, 0.3) is 0 Å². The smallest absolute Gasteiger partial charge is 0.229 e. The number of piperazine rings is 1. The summed E-state index contributed by atoms with van der Waals surface area (Å²) in [7, 11) is 0. The molecule has 1 aliphatic rings. The molecule has 2 heterocycles. The molecule has 2 rings (SSSR count). The first-order valence-electron chi connectivity index (χ1n) is 5.75. The molecule has 1 amide bonds. The van der Waals surface area contributed by atoms with E-state index in [1.807, 2.05) is 0 Å². The zero-order chi connectivity index (χ0) is 13.0. The number of carbonyl (C=O) groups is 1. The number of anilines is 1. The summed E-state index contributed by atoms with van der Waals surface area (Å²) in [5, 5.41) is 0. The van der Waals surface area contributed by atoms with E-state index in [2.05, 4.69) is 14.9 Å². The molecule has 18 heavy (non-hydrogen) atoms. The molecular weight excluding hydrogens is 250 g/mol. The van der Waals surface area contributed by atoms with Crippen molar-refractivity contribution in [3.8, 4) is 0 Å². The highest BCUT2D eigenvalue weighted by molar-refractivity contribution is 7.80. The lowest BCUT2D eigenvalue weighted by Gasteiger charge is -2.34. The standard InChI is InChI=1S/C11H15N5OS/c12-9(18)8-10(17)15-4-6-16(7-5-15)11-13-2-1-3-14-11/h1-3H,4-8H2,(H2,12,18). The number of carbonyl (C=O) groups excluding carboxylic acids is 1. The summed E-state index contributed by atoms with van der Waals surface area (Å²) in [4.78, 5) is 24.2. The van der Waals surface area contributed by atoms with E-state index >= 15 is 0 Å². The lowest BCUT2D eigenvalue weighted by Crippen LogP contribution is -2.49. The molecule has 6 nitrogen and oxygen atoms in total. The molecule has 0 bridgehead atoms. The molecular formula is C11H15N5OS. The number of hydrogen-bond donors (Lipinski definition) is 1. The van der Waals surface area contributed by atoms with Crippen molar-refractivity contribution in [2.75, 3.05) is 31.1 Å². The van der Waals surface area contributed by atoms with Crippen LogP contribution in [0.25, 0.3) is 0 Å². The van der Waals surface area contributed by atoms with Crippen LogP contribution >= 0.6 is 12.2 Å². The van der Waals surface area contributed by atoms with E-state index in [4.69, 9.17) is 18.0 Å². The number of hydrogen-bond acceptors (Lipinski definition) is 5. The first-order chi connectivity index (χ1) is 8.66. The summed E-state index contributed by atoms with van der Waals surface area (Å²) in [6.45, 7) is 2.76. The number of nitrogens with two attached hydrogens (primary N) is 1. The predicted molar refractivity (Wildman–Crippen MR) is 72.2 cm³/mol. The zero-order valence-electron chi connectivity index (χ0n) is 9.95. The van der Waals surface area contributed by atoms with Crippen LogP contribution in [0.3, 0.4) is 0 Å². The van der Waals surface area contributed by atoms with E-state index in [9.17, 15) is 4.79 Å². The van der Waals surface area contributed by atoms with Crippen molar-refractivity contribution in [1.29, 1.82) is 0 Å². The molecule has 0 aromatic carbocycles. The summed E-state index contributed by atoms with van der Waals surface area (Å²) in [6.07, 6.45) is 3.58. The minimum Gasteiger partial charge on any atom is -0.393 e. The minimum atomic E-state index is -0.00358. The van der Waals surface area contributed by atoms with Gasteiger partial charge in [-0.05, 0) is 6.07 Å². The van der Waals surface area contributed by atoms with Gasteiger partial charge in [-0.1, -0.05) is 12.2 Å². The molecule has 0 unspecified atom stereocenters. The Labute approximate surface area is 111 Å². The van der Waals surface area contributed by atoms with Gasteiger partial charge in [-0.2, -0.15) is 0 Å². The van der Waals surface area contributed by atoms with Crippen LogP contribution in [0.1, 0.15) is 6.42 Å². The number of nitrogens with zero attached hydrogens (tertiary/aromatic N) is 4. The first-order valence-corrected chi connectivity index (χ1v) is 6.15. The monoisotopic (exact) mass is 265 g/mol. The molecule has 7 heteroatoms. The zero-order valence-corrected chi connectivity index (χ0v) is 10.8. The van der Waals surface area contributed by atoms with E-state index in [0.29, 0.717) is 19.0 Å². The largest absolute Gasteiger partial charge is 0.393 e. The number of rotatable bonds is 3. The molecule has 1 aromatic rings. The normalized spacial score (nSPS) is 15.6. The lowest BCUT2D eigenvalue weighted by atomic mass is 10.3. The quantitative estimate of drug-likeness (QED) is 0.763. The van der Waals surface area contributed by atoms with E-state index in [-0.39, 0.29) is 17.3 Å². The Kier molecular flexibility index (Phi) is 4.03. The van der Waals surface area contributed by atoms with Gasteiger partial charge in [0, 0.05) is 38.6 Å². The van der Waals surface area contributed by atoms with Gasteiger partial charge in [0.15, 0.2) is 0 Å². The minimum absolute atomic E-state index is 0.00358. The summed E-state index contributed by atoms with van der Waals surface area (Å²) >= 11 is 4.74. The van der Waals surface area contributed by atoms with E-state index in [1.54, 1.807) is 23.4 Å². The van der Waals surface area contributed by atoms with E-state index in [0.717, 1.165) is 13.1 Å². The van der Waals surface area contributed by atoms with Crippen LogP contribution in [0.5, 0.6) is 0 Å². The van der Waals surface area contributed by atoms with Crippen LogP contribution in [-0.4, -0.2) is 51.9 Å². The highest BCUT2D eigenvalue weighted by Crippen LogP contribution is 2.10. The molecule has 0 saturated carbocycles. The van der Waals surface area contributed by atoms with Crippen LogP contribution in [0.15, 0.2) is 18.5 Å². The fourth-order valence-corrected chi connectivity index (χ4v) is 1.99. The highest BCUT2D eigenvalue weighted by atomic mass is 32.1. The second kappa shape index (κ2) is 5.72. The van der Waals surface area contributed by atoms with Gasteiger partial charge in [-0.15, -0.1) is 0 Å². The third kappa shape index (κ3) is 3.13. The molecule has 96 valence electrons. The summed E-state index contributed by atoms with van der Waals surface area (Å²) in [6, 6.07) is 1.78. The molecule has 0 radical (unpaired) electrons. The summed E-state index contributed by atoms with van der Waals surface area (Å²) in [5.41, 5.74) is 5.37. The van der Waals surface area contributed by atoms with Gasteiger partial charge in [-0.25, -0.2) is 9.97 Å². The average Bonchev–Trinajstić information content (AvgIpc) is 2.39. The van der Waals surface area contributed by atoms with Crippen molar-refractivity contribution in [1.82, 2.24) is 14.9 Å². The van der Waals surface area contributed by atoms with E-state index < -0.39 is 0 Å². The Morgan fingerprint density at radius 3 is 2.44 bits per heavy atom. The van der Waals surface area contributed by atoms with Gasteiger partial charge in [0.05, 0.1) is 11.4 Å². The van der Waals surface area contributed by atoms with Gasteiger partial charge >= 0.3 is 0 Å². The molecule has 1 aliphatic heterocycles.